The van der Waals surface area contributed by atoms with E-state index < -0.39 is 0 Å². The molecular weight excluding hydrogens is 454 g/mol. The Balaban J connectivity index is 1.40. The number of aromatic nitrogens is 3. The van der Waals surface area contributed by atoms with E-state index in [2.05, 4.69) is 78.3 Å². The third-order valence-electron chi connectivity index (χ3n) is 7.88. The molecule has 3 heterocycles. The van der Waals surface area contributed by atoms with Crippen LogP contribution in [0.5, 0.6) is 0 Å². The number of nitrogens with zero attached hydrogens (tertiary/aromatic N) is 4. The highest BCUT2D eigenvalue weighted by molar-refractivity contribution is 7.12. The lowest BCUT2D eigenvalue weighted by atomic mass is 10.1. The Morgan fingerprint density at radius 3 is 2.60 bits per heavy atom. The number of aryl methyl sites for hydroxylation is 2. The monoisotopic (exact) mass is 497 g/mol. The molecule has 2 fully saturated rings. The van der Waals surface area contributed by atoms with Crippen LogP contribution in [0.2, 0.25) is 0 Å². The van der Waals surface area contributed by atoms with Gasteiger partial charge < -0.3 is 14.8 Å². The Morgan fingerprint density at radius 2 is 1.97 bits per heavy atom. The minimum Gasteiger partial charge on any atom is -0.365 e. The molecule has 0 aromatic carbocycles. The lowest BCUT2D eigenvalue weighted by Crippen LogP contribution is -2.33. The molecule has 1 saturated heterocycles. The smallest absolute Gasteiger partial charge is 0.223 e. The van der Waals surface area contributed by atoms with Gasteiger partial charge in [-0.25, -0.2) is 0 Å². The summed E-state index contributed by atoms with van der Waals surface area (Å²) in [5.74, 6) is 2.87. The summed E-state index contributed by atoms with van der Waals surface area (Å²) in [5, 5.41) is 12.2. The van der Waals surface area contributed by atoms with Gasteiger partial charge in [0.15, 0.2) is 0 Å². The number of thiophene rings is 1. The zero-order chi connectivity index (χ0) is 25.1. The van der Waals surface area contributed by atoms with Crippen molar-refractivity contribution in [2.24, 2.45) is 5.92 Å². The zero-order valence-electron chi connectivity index (χ0n) is 22.2. The number of rotatable bonds is 12. The van der Waals surface area contributed by atoms with Crippen LogP contribution in [0.3, 0.4) is 0 Å². The molecule has 2 aliphatic rings. The molecule has 1 aliphatic carbocycles. The van der Waals surface area contributed by atoms with E-state index in [1.807, 2.05) is 11.3 Å². The molecule has 2 aromatic heterocycles. The van der Waals surface area contributed by atoms with Crippen LogP contribution in [0.1, 0.15) is 112 Å². The molecule has 0 radical (unpaired) electrons. The molecule has 1 saturated carbocycles. The largest absolute Gasteiger partial charge is 0.365 e. The van der Waals surface area contributed by atoms with Crippen molar-refractivity contribution < 1.29 is 4.79 Å². The van der Waals surface area contributed by atoms with Crippen LogP contribution in [0.25, 0.3) is 0 Å². The van der Waals surface area contributed by atoms with Crippen molar-refractivity contribution in [2.75, 3.05) is 6.54 Å². The molecule has 2 aromatic rings. The molecule has 1 aliphatic heterocycles. The van der Waals surface area contributed by atoms with Gasteiger partial charge >= 0.3 is 0 Å². The van der Waals surface area contributed by atoms with Gasteiger partial charge in [0.2, 0.25) is 5.91 Å². The van der Waals surface area contributed by atoms with Gasteiger partial charge in [-0.15, -0.1) is 21.5 Å². The highest BCUT2D eigenvalue weighted by atomic mass is 32.1. The summed E-state index contributed by atoms with van der Waals surface area (Å²) >= 11 is 1.84. The summed E-state index contributed by atoms with van der Waals surface area (Å²) < 4.78 is 2.34. The van der Waals surface area contributed by atoms with E-state index >= 15 is 0 Å². The topological polar surface area (TPSA) is 62.8 Å². The molecule has 3 unspecified atom stereocenters. The minimum absolute atomic E-state index is 0.0806. The van der Waals surface area contributed by atoms with Gasteiger partial charge in [0.05, 0.1) is 12.1 Å². The van der Waals surface area contributed by atoms with E-state index in [0.717, 1.165) is 56.7 Å². The van der Waals surface area contributed by atoms with E-state index in [1.165, 1.54) is 28.3 Å². The van der Waals surface area contributed by atoms with Crippen molar-refractivity contribution in [1.82, 2.24) is 25.0 Å². The molecule has 7 heteroatoms. The second kappa shape index (κ2) is 11.3. The lowest BCUT2D eigenvalue weighted by Gasteiger charge is -2.22. The second-order valence-corrected chi connectivity index (χ2v) is 11.8. The van der Waals surface area contributed by atoms with Crippen molar-refractivity contribution in [3.8, 4) is 0 Å². The molecule has 1 N–H and O–H groups in total. The van der Waals surface area contributed by atoms with Crippen LogP contribution in [0, 0.1) is 12.8 Å². The van der Waals surface area contributed by atoms with Gasteiger partial charge in [-0.3, -0.25) is 4.79 Å². The molecule has 0 bridgehead atoms. The van der Waals surface area contributed by atoms with Gasteiger partial charge in [0.1, 0.15) is 11.6 Å². The van der Waals surface area contributed by atoms with E-state index in [4.69, 9.17) is 0 Å². The van der Waals surface area contributed by atoms with Gasteiger partial charge in [0.25, 0.3) is 0 Å². The Hall–Kier alpha value is -2.15. The van der Waals surface area contributed by atoms with Gasteiger partial charge in [-0.05, 0) is 57.6 Å². The Kier molecular flexibility index (Phi) is 8.35. The third-order valence-corrected chi connectivity index (χ3v) is 9.22. The van der Waals surface area contributed by atoms with Crippen molar-refractivity contribution in [2.45, 2.75) is 110 Å². The predicted molar refractivity (Wildman–Crippen MR) is 144 cm³/mol. The first-order chi connectivity index (χ1) is 16.8. The van der Waals surface area contributed by atoms with E-state index in [0.29, 0.717) is 18.0 Å². The molecule has 3 atom stereocenters. The number of amides is 1. The average molecular weight is 498 g/mol. The molecule has 0 spiro atoms. The van der Waals surface area contributed by atoms with Crippen LogP contribution in [0.15, 0.2) is 24.4 Å². The van der Waals surface area contributed by atoms with Crippen LogP contribution >= 0.6 is 11.3 Å². The quantitative estimate of drug-likeness (QED) is 0.349. The molecule has 6 nitrogen and oxygen atoms in total. The van der Waals surface area contributed by atoms with Crippen LogP contribution in [-0.2, 0) is 11.2 Å². The van der Waals surface area contributed by atoms with Crippen molar-refractivity contribution in [3.05, 3.63) is 45.8 Å². The highest BCUT2D eigenvalue weighted by Crippen LogP contribution is 2.40. The van der Waals surface area contributed by atoms with Crippen LogP contribution in [0.4, 0.5) is 0 Å². The standard InChI is InChI=1S/C28H43N5OS/c1-7-22(33-20(6)30-31-27(33)18(3)4)17-25-19(5)32(25)16-15-24(26-14-13-23(8-2)35-26)29-28(34)21-11-9-10-12-21/h13-14,18,21-22,24-25H,5,7-12,15-17H2,1-4,6H3,(H,29,34). The molecule has 192 valence electrons. The van der Waals surface area contributed by atoms with Crippen molar-refractivity contribution in [1.29, 1.82) is 0 Å². The number of hydrogen-bond donors (Lipinski definition) is 1. The SMILES string of the molecule is C=C1C(CC(CC)n2c(C)nnc2C(C)C)N1CCC(NC(=O)C1CCCC1)c1ccc(CC)s1. The van der Waals surface area contributed by atoms with Crippen molar-refractivity contribution >= 4 is 17.2 Å². The number of carbonyl (C=O) groups is 1. The highest BCUT2D eigenvalue weighted by Gasteiger charge is 2.41. The average Bonchev–Trinajstić information content (AvgIpc) is 3.39. The Labute approximate surface area is 215 Å². The maximum absolute atomic E-state index is 13.0. The lowest BCUT2D eigenvalue weighted by molar-refractivity contribution is -0.125. The molecule has 4 rings (SSSR count). The van der Waals surface area contributed by atoms with E-state index in [-0.39, 0.29) is 17.9 Å². The van der Waals surface area contributed by atoms with Gasteiger partial charge in [-0.1, -0.05) is 47.1 Å². The number of carbonyl (C=O) groups excluding carboxylic acids is 1. The summed E-state index contributed by atoms with van der Waals surface area (Å²) in [6.07, 6.45) is 8.47. The molecular formula is C28H43N5OS. The first-order valence-corrected chi connectivity index (χ1v) is 14.4. The molecule has 35 heavy (non-hydrogen) atoms. The van der Waals surface area contributed by atoms with E-state index in [9.17, 15) is 4.79 Å². The summed E-state index contributed by atoms with van der Waals surface area (Å²) in [6, 6.07) is 5.27. The fourth-order valence-electron chi connectivity index (χ4n) is 5.64. The predicted octanol–water partition coefficient (Wildman–Crippen LogP) is 6.31. The summed E-state index contributed by atoms with van der Waals surface area (Å²) in [7, 11) is 0. The summed E-state index contributed by atoms with van der Waals surface area (Å²) in [6.45, 7) is 16.2. The fourth-order valence-corrected chi connectivity index (χ4v) is 6.68. The third kappa shape index (κ3) is 5.82. The zero-order valence-corrected chi connectivity index (χ0v) is 23.0. The number of hydrogen-bond acceptors (Lipinski definition) is 5. The Morgan fingerprint density at radius 1 is 1.23 bits per heavy atom. The summed E-state index contributed by atoms with van der Waals surface area (Å²) in [4.78, 5) is 18.1. The maximum Gasteiger partial charge on any atom is 0.223 e. The minimum atomic E-state index is 0.0806. The first-order valence-electron chi connectivity index (χ1n) is 13.6. The Bertz CT molecular complexity index is 1020. The van der Waals surface area contributed by atoms with Crippen LogP contribution in [-0.4, -0.2) is 38.2 Å². The van der Waals surface area contributed by atoms with E-state index in [1.54, 1.807) is 0 Å². The normalized spacial score (nSPS) is 20.0. The first kappa shape index (κ1) is 25.9. The number of nitrogens with one attached hydrogen (secondary N) is 1. The van der Waals surface area contributed by atoms with Gasteiger partial charge in [-0.2, -0.15) is 0 Å². The fraction of sp³-hybridized carbons (Fsp3) is 0.679. The van der Waals surface area contributed by atoms with Gasteiger partial charge in [0, 0.05) is 39.9 Å². The maximum atomic E-state index is 13.0. The molecule has 1 amide bonds. The second-order valence-electron chi connectivity index (χ2n) is 10.6. The summed E-state index contributed by atoms with van der Waals surface area (Å²) in [5.41, 5.74) is 1.22. The van der Waals surface area contributed by atoms with Crippen molar-refractivity contribution in [3.63, 3.8) is 0 Å². The van der Waals surface area contributed by atoms with Crippen LogP contribution < -0.4 is 5.32 Å².